The van der Waals surface area contributed by atoms with Crippen molar-refractivity contribution >= 4 is 17.5 Å². The molecule has 0 aliphatic carbocycles. The van der Waals surface area contributed by atoms with E-state index in [1.165, 1.54) is 5.56 Å². The highest BCUT2D eigenvalue weighted by atomic mass is 16.2. The minimum atomic E-state index is -0.620. The number of benzene rings is 2. The second-order valence-electron chi connectivity index (χ2n) is 5.97. The third-order valence-corrected chi connectivity index (χ3v) is 3.86. The van der Waals surface area contributed by atoms with Crippen molar-refractivity contribution in [1.29, 1.82) is 0 Å². The first-order valence-corrected chi connectivity index (χ1v) is 8.26. The molecule has 4 nitrogen and oxygen atoms in total. The van der Waals surface area contributed by atoms with Crippen LogP contribution >= 0.6 is 0 Å². The first-order chi connectivity index (χ1) is 11.6. The zero-order chi connectivity index (χ0) is 17.4. The molecule has 0 aliphatic rings. The van der Waals surface area contributed by atoms with Crippen molar-refractivity contribution in [2.45, 2.75) is 33.1 Å². The van der Waals surface area contributed by atoms with Crippen LogP contribution < -0.4 is 10.6 Å². The maximum absolute atomic E-state index is 11.9. The molecule has 0 radical (unpaired) electrons. The number of hydrogen-bond donors (Lipinski definition) is 2. The van der Waals surface area contributed by atoms with E-state index in [9.17, 15) is 9.59 Å². The summed E-state index contributed by atoms with van der Waals surface area (Å²) in [5.74, 6) is -1.21. The molecule has 0 heterocycles. The first-order valence-electron chi connectivity index (χ1n) is 8.26. The summed E-state index contributed by atoms with van der Waals surface area (Å²) in [4.78, 5) is 23.7. The van der Waals surface area contributed by atoms with E-state index < -0.39 is 11.8 Å². The number of unbranched alkanes of at least 4 members (excludes halogenated alkanes) is 1. The van der Waals surface area contributed by atoms with E-state index >= 15 is 0 Å². The average Bonchev–Trinajstić information content (AvgIpc) is 2.57. The van der Waals surface area contributed by atoms with Gasteiger partial charge in [0.2, 0.25) is 0 Å². The van der Waals surface area contributed by atoms with Crippen LogP contribution in [0.5, 0.6) is 0 Å². The molecular weight excluding hydrogens is 300 g/mol. The molecule has 2 N–H and O–H groups in total. The lowest BCUT2D eigenvalue weighted by molar-refractivity contribution is -0.136. The van der Waals surface area contributed by atoms with Crippen LogP contribution in [0.2, 0.25) is 0 Å². The highest BCUT2D eigenvalue weighted by Crippen LogP contribution is 2.15. The van der Waals surface area contributed by atoms with Gasteiger partial charge in [0, 0.05) is 12.2 Å². The lowest BCUT2D eigenvalue weighted by atomic mass is 10.1. The molecular formula is C20H24N2O2. The number of anilines is 1. The minimum Gasteiger partial charge on any atom is -0.348 e. The second-order valence-corrected chi connectivity index (χ2v) is 5.97. The summed E-state index contributed by atoms with van der Waals surface area (Å²) in [5.41, 5.74) is 4.02. The van der Waals surface area contributed by atoms with Gasteiger partial charge in [-0.2, -0.15) is 0 Å². The van der Waals surface area contributed by atoms with Gasteiger partial charge in [-0.25, -0.2) is 0 Å². The van der Waals surface area contributed by atoms with Crippen LogP contribution in [0.1, 0.15) is 29.5 Å². The van der Waals surface area contributed by atoms with E-state index in [1.54, 1.807) is 0 Å². The van der Waals surface area contributed by atoms with Crippen LogP contribution in [0.15, 0.2) is 48.5 Å². The molecule has 126 valence electrons. The smallest absolute Gasteiger partial charge is 0.313 e. The monoisotopic (exact) mass is 324 g/mol. The summed E-state index contributed by atoms with van der Waals surface area (Å²) < 4.78 is 0. The third-order valence-electron chi connectivity index (χ3n) is 3.86. The van der Waals surface area contributed by atoms with E-state index in [-0.39, 0.29) is 0 Å². The Kier molecular flexibility index (Phi) is 6.55. The third kappa shape index (κ3) is 5.54. The van der Waals surface area contributed by atoms with Crippen LogP contribution in [-0.4, -0.2) is 18.4 Å². The van der Waals surface area contributed by atoms with Crippen molar-refractivity contribution in [3.63, 3.8) is 0 Å². The SMILES string of the molecule is Cc1ccc(NC(=O)C(=O)NCCCCc2ccccc2)c(C)c1. The fourth-order valence-electron chi connectivity index (χ4n) is 2.51. The van der Waals surface area contributed by atoms with Gasteiger partial charge >= 0.3 is 11.8 Å². The normalized spacial score (nSPS) is 10.2. The number of carbonyl (C=O) groups is 2. The summed E-state index contributed by atoms with van der Waals surface area (Å²) >= 11 is 0. The van der Waals surface area contributed by atoms with E-state index in [0.717, 1.165) is 30.4 Å². The van der Waals surface area contributed by atoms with Crippen LogP contribution in [0.3, 0.4) is 0 Å². The van der Waals surface area contributed by atoms with Gasteiger partial charge in [0.25, 0.3) is 0 Å². The van der Waals surface area contributed by atoms with Gasteiger partial charge < -0.3 is 10.6 Å². The Labute approximate surface area is 143 Å². The quantitative estimate of drug-likeness (QED) is 0.632. The van der Waals surface area contributed by atoms with Crippen molar-refractivity contribution in [2.24, 2.45) is 0 Å². The Hall–Kier alpha value is -2.62. The van der Waals surface area contributed by atoms with Gasteiger partial charge in [0.15, 0.2) is 0 Å². The predicted molar refractivity (Wildman–Crippen MR) is 96.9 cm³/mol. The molecule has 2 aromatic carbocycles. The molecule has 0 fully saturated rings. The van der Waals surface area contributed by atoms with E-state index in [0.29, 0.717) is 12.2 Å². The van der Waals surface area contributed by atoms with Gasteiger partial charge in [-0.15, -0.1) is 0 Å². The van der Waals surface area contributed by atoms with Crippen LogP contribution in [0, 0.1) is 13.8 Å². The predicted octanol–water partition coefficient (Wildman–Crippen LogP) is 3.38. The molecule has 0 aliphatic heterocycles. The summed E-state index contributed by atoms with van der Waals surface area (Å²) in [5, 5.41) is 5.32. The van der Waals surface area contributed by atoms with Crippen molar-refractivity contribution in [1.82, 2.24) is 5.32 Å². The Morgan fingerprint density at radius 2 is 1.67 bits per heavy atom. The fraction of sp³-hybridized carbons (Fsp3) is 0.300. The molecule has 0 saturated carbocycles. The highest BCUT2D eigenvalue weighted by molar-refractivity contribution is 6.39. The molecule has 0 spiro atoms. The Morgan fingerprint density at radius 3 is 2.38 bits per heavy atom. The summed E-state index contributed by atoms with van der Waals surface area (Å²) in [6.45, 7) is 4.40. The van der Waals surface area contributed by atoms with Gasteiger partial charge in [-0.05, 0) is 50.3 Å². The Balaban J connectivity index is 1.69. The molecule has 24 heavy (non-hydrogen) atoms. The molecule has 0 bridgehead atoms. The number of nitrogens with one attached hydrogen (secondary N) is 2. The molecule has 0 aromatic heterocycles. The Morgan fingerprint density at radius 1 is 0.917 bits per heavy atom. The highest BCUT2D eigenvalue weighted by Gasteiger charge is 2.13. The zero-order valence-electron chi connectivity index (χ0n) is 14.3. The maximum Gasteiger partial charge on any atom is 0.313 e. The fourth-order valence-corrected chi connectivity index (χ4v) is 2.51. The van der Waals surface area contributed by atoms with Crippen molar-refractivity contribution < 1.29 is 9.59 Å². The summed E-state index contributed by atoms with van der Waals surface area (Å²) in [6, 6.07) is 15.9. The molecule has 0 atom stereocenters. The summed E-state index contributed by atoms with van der Waals surface area (Å²) in [7, 11) is 0. The van der Waals surface area contributed by atoms with Crippen LogP contribution in [0.4, 0.5) is 5.69 Å². The summed E-state index contributed by atoms with van der Waals surface area (Å²) in [6.07, 6.45) is 2.80. The Bertz CT molecular complexity index is 696. The maximum atomic E-state index is 11.9. The van der Waals surface area contributed by atoms with Crippen molar-refractivity contribution in [3.05, 3.63) is 65.2 Å². The molecule has 2 aromatic rings. The molecule has 0 unspecified atom stereocenters. The largest absolute Gasteiger partial charge is 0.348 e. The number of amides is 2. The number of aryl methyl sites for hydroxylation is 3. The number of carbonyl (C=O) groups excluding carboxylic acids is 2. The molecule has 4 heteroatoms. The van der Waals surface area contributed by atoms with Gasteiger partial charge in [0.05, 0.1) is 0 Å². The van der Waals surface area contributed by atoms with Gasteiger partial charge in [-0.3, -0.25) is 9.59 Å². The lowest BCUT2D eigenvalue weighted by Crippen LogP contribution is -2.36. The average molecular weight is 324 g/mol. The van der Waals surface area contributed by atoms with Gasteiger partial charge in [-0.1, -0.05) is 48.0 Å². The second kappa shape index (κ2) is 8.87. The molecule has 2 rings (SSSR count). The van der Waals surface area contributed by atoms with Crippen LogP contribution in [0.25, 0.3) is 0 Å². The number of hydrogen-bond acceptors (Lipinski definition) is 2. The van der Waals surface area contributed by atoms with E-state index in [4.69, 9.17) is 0 Å². The number of rotatable bonds is 6. The minimum absolute atomic E-state index is 0.506. The van der Waals surface area contributed by atoms with Crippen LogP contribution in [-0.2, 0) is 16.0 Å². The topological polar surface area (TPSA) is 58.2 Å². The zero-order valence-corrected chi connectivity index (χ0v) is 14.3. The van der Waals surface area contributed by atoms with Crippen molar-refractivity contribution in [2.75, 3.05) is 11.9 Å². The molecule has 2 amide bonds. The standard InChI is InChI=1S/C20H24N2O2/c1-15-11-12-18(16(2)14-15)22-20(24)19(23)21-13-7-6-10-17-8-4-3-5-9-17/h3-5,8-9,11-12,14H,6-7,10,13H2,1-2H3,(H,21,23)(H,22,24). The van der Waals surface area contributed by atoms with E-state index in [1.807, 2.05) is 50.2 Å². The van der Waals surface area contributed by atoms with E-state index in [2.05, 4.69) is 22.8 Å². The van der Waals surface area contributed by atoms with Gasteiger partial charge in [0.1, 0.15) is 0 Å². The van der Waals surface area contributed by atoms with Crippen molar-refractivity contribution in [3.8, 4) is 0 Å². The first kappa shape index (κ1) is 17.7. The lowest BCUT2D eigenvalue weighted by Gasteiger charge is -2.09. The molecule has 0 saturated heterocycles.